The first-order chi connectivity index (χ1) is 16.3. The molecule has 2 heterocycles. The summed E-state index contributed by atoms with van der Waals surface area (Å²) in [6, 6.07) is 8.70. The Balaban J connectivity index is 0.000000509. The van der Waals surface area contributed by atoms with Crippen LogP contribution in [-0.2, 0) is 11.2 Å². The van der Waals surface area contributed by atoms with Gasteiger partial charge in [0, 0.05) is 12.1 Å². The van der Waals surface area contributed by atoms with Crippen molar-refractivity contribution in [3.8, 4) is 11.4 Å². The van der Waals surface area contributed by atoms with E-state index in [1.54, 1.807) is 0 Å². The Labute approximate surface area is 199 Å². The molecule has 9 heteroatoms. The van der Waals surface area contributed by atoms with Gasteiger partial charge in [0.25, 0.3) is 0 Å². The van der Waals surface area contributed by atoms with Gasteiger partial charge in [0.1, 0.15) is 0 Å². The quantitative estimate of drug-likeness (QED) is 0.354. The van der Waals surface area contributed by atoms with Gasteiger partial charge in [-0.25, -0.2) is 4.79 Å². The van der Waals surface area contributed by atoms with Gasteiger partial charge < -0.3 is 14.9 Å². The molecule has 6 nitrogen and oxygen atoms in total. The third kappa shape index (κ3) is 10.2. The van der Waals surface area contributed by atoms with Crippen LogP contribution in [0, 0.1) is 0 Å². The fraction of sp³-hybridized carbons (Fsp3) is 0.640. The van der Waals surface area contributed by atoms with E-state index in [0.29, 0.717) is 11.7 Å². The van der Waals surface area contributed by atoms with Crippen molar-refractivity contribution >= 4 is 5.97 Å². The van der Waals surface area contributed by atoms with E-state index < -0.39 is 12.1 Å². The number of unbranched alkanes of at least 4 members (excludes halogenated alkanes) is 7. The molecule has 1 aromatic heterocycles. The SMILES string of the molecule is CCCCCCCCCCc1ccc(-c2noc(C3CCCNC3)n2)cc1.O=C(O)C(F)(F)F. The zero-order valence-corrected chi connectivity index (χ0v) is 19.9. The Hall–Kier alpha value is -2.42. The van der Waals surface area contributed by atoms with Crippen LogP contribution >= 0.6 is 0 Å². The van der Waals surface area contributed by atoms with E-state index in [1.165, 1.54) is 69.8 Å². The lowest BCUT2D eigenvalue weighted by Crippen LogP contribution is -2.28. The van der Waals surface area contributed by atoms with Gasteiger partial charge in [0.15, 0.2) is 0 Å². The number of aromatic nitrogens is 2. The summed E-state index contributed by atoms with van der Waals surface area (Å²) in [5.74, 6) is -0.900. The number of aryl methyl sites for hydroxylation is 1. The van der Waals surface area contributed by atoms with Crippen molar-refractivity contribution in [2.24, 2.45) is 0 Å². The molecule has 1 aromatic carbocycles. The third-order valence-corrected chi connectivity index (χ3v) is 5.86. The monoisotopic (exact) mass is 483 g/mol. The molecule has 2 aromatic rings. The van der Waals surface area contributed by atoms with Crippen LogP contribution in [0.1, 0.15) is 88.5 Å². The highest BCUT2D eigenvalue weighted by Crippen LogP contribution is 2.25. The van der Waals surface area contributed by atoms with E-state index in [9.17, 15) is 13.2 Å². The van der Waals surface area contributed by atoms with Crippen molar-refractivity contribution in [1.29, 1.82) is 0 Å². The van der Waals surface area contributed by atoms with Crippen molar-refractivity contribution in [2.75, 3.05) is 13.1 Å². The molecule has 1 aliphatic heterocycles. The molecule has 190 valence electrons. The summed E-state index contributed by atoms with van der Waals surface area (Å²) in [5, 5.41) is 14.7. The third-order valence-electron chi connectivity index (χ3n) is 5.86. The number of nitrogens with one attached hydrogen (secondary N) is 1. The lowest BCUT2D eigenvalue weighted by molar-refractivity contribution is -0.192. The largest absolute Gasteiger partial charge is 0.490 e. The van der Waals surface area contributed by atoms with Crippen LogP contribution in [0.4, 0.5) is 13.2 Å². The number of halogens is 3. The Bertz CT molecular complexity index is 832. The fourth-order valence-corrected chi connectivity index (χ4v) is 3.86. The molecule has 3 rings (SSSR count). The minimum absolute atomic E-state index is 0.362. The first-order valence-electron chi connectivity index (χ1n) is 12.2. The van der Waals surface area contributed by atoms with Crippen LogP contribution in [0.15, 0.2) is 28.8 Å². The molecule has 1 saturated heterocycles. The zero-order valence-electron chi connectivity index (χ0n) is 19.9. The van der Waals surface area contributed by atoms with Crippen molar-refractivity contribution in [2.45, 2.75) is 89.6 Å². The van der Waals surface area contributed by atoms with Gasteiger partial charge in [0.05, 0.1) is 5.92 Å². The number of hydrogen-bond donors (Lipinski definition) is 2. The average molecular weight is 484 g/mol. The molecular formula is C25H36F3N3O3. The van der Waals surface area contributed by atoms with Crippen LogP contribution in [-0.4, -0.2) is 40.5 Å². The van der Waals surface area contributed by atoms with Gasteiger partial charge in [-0.2, -0.15) is 18.2 Å². The van der Waals surface area contributed by atoms with Crippen LogP contribution in [0.2, 0.25) is 0 Å². The number of nitrogens with zero attached hydrogens (tertiary/aromatic N) is 2. The van der Waals surface area contributed by atoms with E-state index in [0.717, 1.165) is 31.0 Å². The summed E-state index contributed by atoms with van der Waals surface area (Å²) in [4.78, 5) is 13.5. The number of carboxylic acids is 1. The number of rotatable bonds is 11. The maximum absolute atomic E-state index is 10.6. The van der Waals surface area contributed by atoms with E-state index in [1.807, 2.05) is 0 Å². The Morgan fingerprint density at radius 1 is 1.09 bits per heavy atom. The maximum atomic E-state index is 10.6. The van der Waals surface area contributed by atoms with Crippen LogP contribution in [0.3, 0.4) is 0 Å². The number of benzene rings is 1. The second-order valence-corrected chi connectivity index (χ2v) is 8.72. The minimum Gasteiger partial charge on any atom is -0.475 e. The van der Waals surface area contributed by atoms with Gasteiger partial charge in [-0.15, -0.1) is 0 Å². The van der Waals surface area contributed by atoms with Gasteiger partial charge in [-0.1, -0.05) is 81.3 Å². The molecule has 1 aliphatic rings. The Morgan fingerprint density at radius 2 is 1.71 bits per heavy atom. The van der Waals surface area contributed by atoms with Gasteiger partial charge in [-0.3, -0.25) is 0 Å². The first kappa shape index (κ1) is 27.8. The molecule has 0 aliphatic carbocycles. The molecule has 1 atom stereocenters. The first-order valence-corrected chi connectivity index (χ1v) is 12.2. The van der Waals surface area contributed by atoms with Crippen molar-refractivity contribution in [3.63, 3.8) is 0 Å². The smallest absolute Gasteiger partial charge is 0.475 e. The number of alkyl halides is 3. The Morgan fingerprint density at radius 3 is 2.26 bits per heavy atom. The molecule has 1 unspecified atom stereocenters. The predicted molar refractivity (Wildman–Crippen MR) is 125 cm³/mol. The van der Waals surface area contributed by atoms with E-state index in [-0.39, 0.29) is 0 Å². The van der Waals surface area contributed by atoms with Crippen molar-refractivity contribution in [1.82, 2.24) is 15.5 Å². The van der Waals surface area contributed by atoms with E-state index in [2.05, 4.69) is 46.6 Å². The zero-order chi connectivity index (χ0) is 24.8. The highest BCUT2D eigenvalue weighted by Gasteiger charge is 2.38. The molecular weight excluding hydrogens is 447 g/mol. The van der Waals surface area contributed by atoms with Gasteiger partial charge >= 0.3 is 12.1 Å². The molecule has 0 spiro atoms. The molecule has 2 N–H and O–H groups in total. The maximum Gasteiger partial charge on any atom is 0.490 e. The molecule has 0 saturated carbocycles. The van der Waals surface area contributed by atoms with Crippen molar-refractivity contribution < 1.29 is 27.6 Å². The second-order valence-electron chi connectivity index (χ2n) is 8.72. The summed E-state index contributed by atoms with van der Waals surface area (Å²) in [6.07, 6.45) is 9.34. The highest BCUT2D eigenvalue weighted by atomic mass is 19.4. The van der Waals surface area contributed by atoms with Crippen LogP contribution in [0.5, 0.6) is 0 Å². The van der Waals surface area contributed by atoms with Crippen molar-refractivity contribution in [3.05, 3.63) is 35.7 Å². The van der Waals surface area contributed by atoms with Gasteiger partial charge in [-0.05, 0) is 37.8 Å². The molecule has 0 radical (unpaired) electrons. The number of aliphatic carboxylic acids is 1. The normalized spacial score (nSPS) is 16.1. The lowest BCUT2D eigenvalue weighted by Gasteiger charge is -2.18. The van der Waals surface area contributed by atoms with E-state index >= 15 is 0 Å². The second kappa shape index (κ2) is 14.8. The average Bonchev–Trinajstić information content (AvgIpc) is 3.32. The predicted octanol–water partition coefficient (Wildman–Crippen LogP) is 6.52. The highest BCUT2D eigenvalue weighted by molar-refractivity contribution is 5.73. The molecule has 0 amide bonds. The van der Waals surface area contributed by atoms with Gasteiger partial charge in [0.2, 0.25) is 11.7 Å². The van der Waals surface area contributed by atoms with E-state index in [4.69, 9.17) is 14.4 Å². The number of piperidine rings is 1. The summed E-state index contributed by atoms with van der Waals surface area (Å²) in [5.41, 5.74) is 2.46. The number of carboxylic acid groups (broad SMARTS) is 1. The summed E-state index contributed by atoms with van der Waals surface area (Å²) >= 11 is 0. The molecule has 1 fully saturated rings. The molecule has 0 bridgehead atoms. The summed E-state index contributed by atoms with van der Waals surface area (Å²) < 4.78 is 37.3. The summed E-state index contributed by atoms with van der Waals surface area (Å²) in [6.45, 7) is 4.31. The number of hydrogen-bond acceptors (Lipinski definition) is 5. The Kier molecular flexibility index (Phi) is 12.1. The fourth-order valence-electron chi connectivity index (χ4n) is 3.86. The minimum atomic E-state index is -5.08. The van der Waals surface area contributed by atoms with Crippen LogP contribution < -0.4 is 5.32 Å². The topological polar surface area (TPSA) is 88.3 Å². The standard InChI is InChI=1S/C23H35N3O.C2HF3O2/c1-2-3-4-5-6-7-8-9-11-19-13-15-20(16-14-19)22-25-23(27-26-22)21-12-10-17-24-18-21;3-2(4,5)1(6)7/h13-16,21,24H,2-12,17-18H2,1H3;(H,6,7). The van der Waals surface area contributed by atoms with Crippen LogP contribution in [0.25, 0.3) is 11.4 Å². The summed E-state index contributed by atoms with van der Waals surface area (Å²) in [7, 11) is 0. The number of carbonyl (C=O) groups is 1. The lowest BCUT2D eigenvalue weighted by atomic mass is 10.00. The molecule has 34 heavy (non-hydrogen) atoms.